The molecule has 0 atom stereocenters. The number of nitrogens with two attached hydrogens (primary N) is 2. The lowest BCUT2D eigenvalue weighted by atomic mass is 10.0. The predicted molar refractivity (Wildman–Crippen MR) is 132 cm³/mol. The number of imidazole rings is 1. The van der Waals surface area contributed by atoms with E-state index in [4.69, 9.17) is 16.5 Å². The standard InChI is InChI=1S/C25H30N6O/c1-16(27)28-15-18(14-26)17-11-12-22-21(13-17)29-23(31(22)25(2,3)4)19-9-7-8-10-20(19)24(32)30(5)6/h7-15H,1,26-27H2,2-6H3/b18-14+,28-15-. The first-order valence-electron chi connectivity index (χ1n) is 10.3. The molecule has 1 amide bonds. The van der Waals surface area contributed by atoms with Gasteiger partial charge >= 0.3 is 0 Å². The number of hydrogen-bond acceptors (Lipinski definition) is 5. The van der Waals surface area contributed by atoms with Gasteiger partial charge in [0, 0.05) is 43.2 Å². The molecule has 0 saturated carbocycles. The highest BCUT2D eigenvalue weighted by Crippen LogP contribution is 2.34. The Labute approximate surface area is 188 Å². The quantitative estimate of drug-likeness (QED) is 0.598. The molecule has 4 N–H and O–H groups in total. The smallest absolute Gasteiger partial charge is 0.254 e. The summed E-state index contributed by atoms with van der Waals surface area (Å²) in [6, 6.07) is 13.5. The molecule has 3 aromatic rings. The maximum absolute atomic E-state index is 12.9. The van der Waals surface area contributed by atoms with Gasteiger partial charge in [0.2, 0.25) is 0 Å². The van der Waals surface area contributed by atoms with Gasteiger partial charge in [0.15, 0.2) is 0 Å². The zero-order valence-electron chi connectivity index (χ0n) is 19.3. The number of nitrogens with zero attached hydrogens (tertiary/aromatic N) is 4. The first-order valence-corrected chi connectivity index (χ1v) is 10.3. The highest BCUT2D eigenvalue weighted by atomic mass is 16.2. The first-order chi connectivity index (χ1) is 15.0. The van der Waals surface area contributed by atoms with Crippen LogP contribution >= 0.6 is 0 Å². The number of carbonyl (C=O) groups is 1. The van der Waals surface area contributed by atoms with Crippen molar-refractivity contribution in [1.29, 1.82) is 0 Å². The van der Waals surface area contributed by atoms with Gasteiger partial charge in [0.1, 0.15) is 11.6 Å². The van der Waals surface area contributed by atoms with Crippen LogP contribution in [0.5, 0.6) is 0 Å². The lowest BCUT2D eigenvalue weighted by Gasteiger charge is -2.25. The summed E-state index contributed by atoms with van der Waals surface area (Å²) in [7, 11) is 3.49. The third-order valence-corrected chi connectivity index (χ3v) is 5.01. The van der Waals surface area contributed by atoms with Gasteiger partial charge in [-0.2, -0.15) is 0 Å². The Morgan fingerprint density at radius 1 is 1.19 bits per heavy atom. The minimum absolute atomic E-state index is 0.0691. The third kappa shape index (κ3) is 4.42. The van der Waals surface area contributed by atoms with Crippen molar-refractivity contribution in [3.8, 4) is 11.4 Å². The van der Waals surface area contributed by atoms with Gasteiger partial charge < -0.3 is 20.9 Å². The van der Waals surface area contributed by atoms with Crippen LogP contribution in [0.15, 0.2) is 66.1 Å². The van der Waals surface area contributed by atoms with Crippen LogP contribution in [0, 0.1) is 0 Å². The number of amides is 1. The van der Waals surface area contributed by atoms with E-state index in [2.05, 4.69) is 36.9 Å². The normalized spacial score (nSPS) is 12.5. The fourth-order valence-electron chi connectivity index (χ4n) is 3.59. The van der Waals surface area contributed by atoms with Crippen molar-refractivity contribution in [2.24, 2.45) is 16.5 Å². The molecule has 1 aromatic heterocycles. The van der Waals surface area contributed by atoms with E-state index in [1.54, 1.807) is 25.2 Å². The molecule has 0 spiro atoms. The Morgan fingerprint density at radius 3 is 2.47 bits per heavy atom. The van der Waals surface area contributed by atoms with E-state index in [0.717, 1.165) is 28.0 Å². The fraction of sp³-hybridized carbons (Fsp3) is 0.240. The summed E-state index contributed by atoms with van der Waals surface area (Å²) in [4.78, 5) is 23.4. The Balaban J connectivity index is 2.27. The number of carbonyl (C=O) groups excluding carboxylic acids is 1. The molecule has 2 aromatic carbocycles. The van der Waals surface area contributed by atoms with Crippen LogP contribution in [0.25, 0.3) is 28.0 Å². The summed E-state index contributed by atoms with van der Waals surface area (Å²) < 4.78 is 2.16. The molecule has 0 aliphatic heterocycles. The van der Waals surface area contributed by atoms with Gasteiger partial charge in [0.05, 0.1) is 16.6 Å². The minimum atomic E-state index is -0.273. The number of benzene rings is 2. The average molecular weight is 431 g/mol. The van der Waals surface area contributed by atoms with Gasteiger partial charge in [-0.3, -0.25) is 4.79 Å². The second-order valence-corrected chi connectivity index (χ2v) is 8.76. The van der Waals surface area contributed by atoms with Crippen LogP contribution in [-0.2, 0) is 5.54 Å². The number of aliphatic imine (C=N–C) groups is 1. The molecular weight excluding hydrogens is 400 g/mol. The summed E-state index contributed by atoms with van der Waals surface area (Å²) in [6.07, 6.45) is 3.05. The molecule has 0 unspecified atom stereocenters. The van der Waals surface area contributed by atoms with Crippen molar-refractivity contribution in [3.63, 3.8) is 0 Å². The number of rotatable bonds is 5. The molecule has 7 nitrogen and oxygen atoms in total. The van der Waals surface area contributed by atoms with Gasteiger partial charge in [-0.25, -0.2) is 9.98 Å². The van der Waals surface area contributed by atoms with Crippen LogP contribution in [-0.4, -0.2) is 40.7 Å². The zero-order valence-corrected chi connectivity index (χ0v) is 19.3. The van der Waals surface area contributed by atoms with Gasteiger partial charge in [-0.05, 0) is 44.5 Å². The van der Waals surface area contributed by atoms with E-state index < -0.39 is 0 Å². The summed E-state index contributed by atoms with van der Waals surface area (Å²) in [5, 5.41) is 0. The molecule has 0 aliphatic carbocycles. The van der Waals surface area contributed by atoms with Crippen LogP contribution in [0.3, 0.4) is 0 Å². The largest absolute Gasteiger partial charge is 0.404 e. The Kier molecular flexibility index (Phi) is 6.20. The summed E-state index contributed by atoms with van der Waals surface area (Å²) in [6.45, 7) is 9.93. The van der Waals surface area contributed by atoms with E-state index in [1.807, 2.05) is 42.5 Å². The highest BCUT2D eigenvalue weighted by molar-refractivity contribution is 6.10. The van der Waals surface area contributed by atoms with Crippen LogP contribution < -0.4 is 11.5 Å². The number of fused-ring (bicyclic) bond motifs is 1. The van der Waals surface area contributed by atoms with Crippen molar-refractivity contribution in [2.45, 2.75) is 26.3 Å². The molecular formula is C25H30N6O. The topological polar surface area (TPSA) is 103 Å². The summed E-state index contributed by atoms with van der Waals surface area (Å²) >= 11 is 0. The van der Waals surface area contributed by atoms with Gasteiger partial charge in [0.25, 0.3) is 5.91 Å². The Hall–Kier alpha value is -3.87. The molecule has 0 saturated heterocycles. The minimum Gasteiger partial charge on any atom is -0.404 e. The molecule has 32 heavy (non-hydrogen) atoms. The second-order valence-electron chi connectivity index (χ2n) is 8.76. The van der Waals surface area contributed by atoms with Gasteiger partial charge in [-0.1, -0.05) is 30.8 Å². The zero-order chi connectivity index (χ0) is 23.6. The first kappa shape index (κ1) is 22.8. The van der Waals surface area contributed by atoms with Crippen molar-refractivity contribution in [3.05, 3.63) is 72.2 Å². The van der Waals surface area contributed by atoms with Crippen LogP contribution in [0.1, 0.15) is 36.7 Å². The molecule has 7 heteroatoms. The van der Waals surface area contributed by atoms with E-state index in [9.17, 15) is 4.79 Å². The third-order valence-electron chi connectivity index (χ3n) is 5.01. The molecule has 0 bridgehead atoms. The molecule has 1 heterocycles. The fourth-order valence-corrected chi connectivity index (χ4v) is 3.59. The monoisotopic (exact) mass is 430 g/mol. The Bertz CT molecular complexity index is 1240. The van der Waals surface area contributed by atoms with Crippen molar-refractivity contribution in [2.75, 3.05) is 14.1 Å². The highest BCUT2D eigenvalue weighted by Gasteiger charge is 2.25. The van der Waals surface area contributed by atoms with Crippen LogP contribution in [0.2, 0.25) is 0 Å². The van der Waals surface area contributed by atoms with Crippen molar-refractivity contribution >= 4 is 28.7 Å². The summed E-state index contributed by atoms with van der Waals surface area (Å²) in [5.41, 5.74) is 15.8. The van der Waals surface area contributed by atoms with Crippen LogP contribution in [0.4, 0.5) is 0 Å². The maximum atomic E-state index is 12.9. The molecule has 166 valence electrons. The molecule has 3 rings (SSSR count). The predicted octanol–water partition coefficient (Wildman–Crippen LogP) is 3.96. The lowest BCUT2D eigenvalue weighted by molar-refractivity contribution is 0.0828. The van der Waals surface area contributed by atoms with E-state index in [1.165, 1.54) is 6.20 Å². The Morgan fingerprint density at radius 2 is 1.88 bits per heavy atom. The maximum Gasteiger partial charge on any atom is 0.254 e. The number of allylic oxidation sites excluding steroid dienone is 1. The lowest BCUT2D eigenvalue weighted by Crippen LogP contribution is -2.25. The molecule has 0 fully saturated rings. The molecule has 0 aliphatic rings. The van der Waals surface area contributed by atoms with E-state index >= 15 is 0 Å². The summed E-state index contributed by atoms with van der Waals surface area (Å²) in [5.74, 6) is 0.866. The van der Waals surface area contributed by atoms with E-state index in [0.29, 0.717) is 11.1 Å². The van der Waals surface area contributed by atoms with Gasteiger partial charge in [-0.15, -0.1) is 0 Å². The molecule has 0 radical (unpaired) electrons. The van der Waals surface area contributed by atoms with Crippen molar-refractivity contribution in [1.82, 2.24) is 14.5 Å². The average Bonchev–Trinajstić information content (AvgIpc) is 3.12. The number of aromatic nitrogens is 2. The van der Waals surface area contributed by atoms with Crippen molar-refractivity contribution < 1.29 is 4.79 Å². The SMILES string of the molecule is C=C(N)/N=C\C(=C/N)c1ccc2c(c1)nc(-c1ccccc1C(=O)N(C)C)n2C(C)(C)C. The second kappa shape index (κ2) is 8.70. The van der Waals surface area contributed by atoms with E-state index in [-0.39, 0.29) is 17.3 Å². The number of hydrogen-bond donors (Lipinski definition) is 2.